The lowest BCUT2D eigenvalue weighted by molar-refractivity contribution is -0.136. The van der Waals surface area contributed by atoms with Crippen molar-refractivity contribution in [2.75, 3.05) is 39.3 Å². The first-order valence-corrected chi connectivity index (χ1v) is 10.1. The summed E-state index contributed by atoms with van der Waals surface area (Å²) in [7, 11) is 0. The minimum absolute atomic E-state index is 0.246. The van der Waals surface area contributed by atoms with Crippen molar-refractivity contribution in [2.24, 2.45) is 5.92 Å². The van der Waals surface area contributed by atoms with Gasteiger partial charge in [-0.1, -0.05) is 0 Å². The van der Waals surface area contributed by atoms with E-state index < -0.39 is 0 Å². The van der Waals surface area contributed by atoms with Crippen LogP contribution in [0.4, 0.5) is 0 Å². The van der Waals surface area contributed by atoms with E-state index in [1.54, 1.807) is 6.26 Å². The monoisotopic (exact) mass is 345 g/mol. The topological polar surface area (TPSA) is 39.9 Å². The van der Waals surface area contributed by atoms with Crippen LogP contribution in [0, 0.1) is 5.92 Å². The SMILES string of the molecule is O=C([C@H]1CCCN(C2CCN(Cc3ccoc3)CC2)C1)N1CCCC1. The standard InChI is InChI=1S/C20H31N3O2/c24-20(22-8-1-2-9-22)18-4-3-10-23(15-18)19-5-11-21(12-6-19)14-17-7-13-25-16-17/h7,13,16,18-19H,1-6,8-12,14-15H2/t18-/m0/s1. The van der Waals surface area contributed by atoms with Crippen molar-refractivity contribution < 1.29 is 9.21 Å². The van der Waals surface area contributed by atoms with E-state index >= 15 is 0 Å². The predicted molar refractivity (Wildman–Crippen MR) is 97.1 cm³/mol. The number of piperidine rings is 2. The molecule has 3 fully saturated rings. The lowest BCUT2D eigenvalue weighted by Gasteiger charge is -2.42. The van der Waals surface area contributed by atoms with E-state index in [1.165, 1.54) is 44.2 Å². The Morgan fingerprint density at radius 1 is 1.04 bits per heavy atom. The normalized spacial score (nSPS) is 27.0. The maximum atomic E-state index is 12.7. The maximum absolute atomic E-state index is 12.7. The van der Waals surface area contributed by atoms with Gasteiger partial charge in [0.25, 0.3) is 0 Å². The summed E-state index contributed by atoms with van der Waals surface area (Å²) >= 11 is 0. The maximum Gasteiger partial charge on any atom is 0.226 e. The van der Waals surface area contributed by atoms with Gasteiger partial charge in [0.15, 0.2) is 0 Å². The summed E-state index contributed by atoms with van der Waals surface area (Å²) in [5, 5.41) is 0. The fourth-order valence-corrected chi connectivity index (χ4v) is 4.82. The molecule has 4 heterocycles. The first-order valence-electron chi connectivity index (χ1n) is 10.1. The number of amides is 1. The van der Waals surface area contributed by atoms with Gasteiger partial charge in [-0.2, -0.15) is 0 Å². The van der Waals surface area contributed by atoms with E-state index in [0.717, 1.165) is 45.7 Å². The van der Waals surface area contributed by atoms with Gasteiger partial charge in [-0.25, -0.2) is 0 Å². The van der Waals surface area contributed by atoms with Gasteiger partial charge >= 0.3 is 0 Å². The third-order valence-corrected chi connectivity index (χ3v) is 6.28. The Morgan fingerprint density at radius 2 is 1.84 bits per heavy atom. The van der Waals surface area contributed by atoms with Gasteiger partial charge in [-0.05, 0) is 64.2 Å². The van der Waals surface area contributed by atoms with E-state index in [1.807, 2.05) is 6.26 Å². The molecule has 0 radical (unpaired) electrons. The molecule has 3 aliphatic rings. The fraction of sp³-hybridized carbons (Fsp3) is 0.750. The third-order valence-electron chi connectivity index (χ3n) is 6.28. The van der Waals surface area contributed by atoms with E-state index in [4.69, 9.17) is 4.42 Å². The zero-order valence-electron chi connectivity index (χ0n) is 15.2. The van der Waals surface area contributed by atoms with Crippen LogP contribution in [-0.4, -0.2) is 65.9 Å². The van der Waals surface area contributed by atoms with Gasteiger partial charge < -0.3 is 9.32 Å². The number of hydrogen-bond acceptors (Lipinski definition) is 4. The summed E-state index contributed by atoms with van der Waals surface area (Å²) in [6.45, 7) is 7.44. The molecule has 1 aromatic heterocycles. The predicted octanol–water partition coefficient (Wildman–Crippen LogP) is 2.58. The van der Waals surface area contributed by atoms with Crippen molar-refractivity contribution >= 4 is 5.91 Å². The quantitative estimate of drug-likeness (QED) is 0.841. The molecule has 3 saturated heterocycles. The van der Waals surface area contributed by atoms with Crippen molar-refractivity contribution in [2.45, 2.75) is 51.1 Å². The Kier molecular flexibility index (Phi) is 5.42. The van der Waals surface area contributed by atoms with E-state index in [9.17, 15) is 4.79 Å². The molecule has 5 heteroatoms. The lowest BCUT2D eigenvalue weighted by atomic mass is 9.93. The molecular formula is C20H31N3O2. The Labute approximate surface area is 150 Å². The van der Waals surface area contributed by atoms with Crippen LogP contribution in [0.15, 0.2) is 23.0 Å². The number of carbonyl (C=O) groups excluding carboxylic acids is 1. The molecule has 4 rings (SSSR count). The highest BCUT2D eigenvalue weighted by Gasteiger charge is 2.34. The molecule has 5 nitrogen and oxygen atoms in total. The van der Waals surface area contributed by atoms with Crippen molar-refractivity contribution in [3.05, 3.63) is 24.2 Å². The van der Waals surface area contributed by atoms with Gasteiger partial charge in [0.05, 0.1) is 18.4 Å². The van der Waals surface area contributed by atoms with Crippen LogP contribution in [-0.2, 0) is 11.3 Å². The number of hydrogen-bond donors (Lipinski definition) is 0. The van der Waals surface area contributed by atoms with Crippen LogP contribution in [0.2, 0.25) is 0 Å². The number of rotatable bonds is 4. The van der Waals surface area contributed by atoms with Gasteiger partial charge in [-0.15, -0.1) is 0 Å². The summed E-state index contributed by atoms with van der Waals surface area (Å²) in [5.41, 5.74) is 1.27. The molecule has 3 aliphatic heterocycles. The second-order valence-electron chi connectivity index (χ2n) is 8.01. The molecule has 0 bridgehead atoms. The van der Waals surface area contributed by atoms with E-state index in [0.29, 0.717) is 11.9 Å². The van der Waals surface area contributed by atoms with E-state index in [2.05, 4.69) is 20.8 Å². The summed E-state index contributed by atoms with van der Waals surface area (Å²) in [6, 6.07) is 2.72. The largest absolute Gasteiger partial charge is 0.472 e. The fourth-order valence-electron chi connectivity index (χ4n) is 4.82. The van der Waals surface area contributed by atoms with Crippen LogP contribution in [0.5, 0.6) is 0 Å². The van der Waals surface area contributed by atoms with Crippen molar-refractivity contribution in [1.29, 1.82) is 0 Å². The molecule has 0 aromatic carbocycles. The van der Waals surface area contributed by atoms with Crippen LogP contribution >= 0.6 is 0 Å². The Morgan fingerprint density at radius 3 is 2.56 bits per heavy atom. The molecule has 0 unspecified atom stereocenters. The van der Waals surface area contributed by atoms with Crippen molar-refractivity contribution in [3.63, 3.8) is 0 Å². The van der Waals surface area contributed by atoms with Crippen LogP contribution < -0.4 is 0 Å². The van der Waals surface area contributed by atoms with Crippen LogP contribution in [0.1, 0.15) is 44.1 Å². The minimum Gasteiger partial charge on any atom is -0.472 e. The van der Waals surface area contributed by atoms with Gasteiger partial charge in [0, 0.05) is 37.8 Å². The molecular weight excluding hydrogens is 314 g/mol. The third kappa shape index (κ3) is 4.09. The van der Waals surface area contributed by atoms with Gasteiger partial charge in [0.2, 0.25) is 5.91 Å². The molecule has 0 saturated carbocycles. The highest BCUT2D eigenvalue weighted by atomic mass is 16.3. The first kappa shape index (κ1) is 17.1. The second kappa shape index (κ2) is 7.92. The minimum atomic E-state index is 0.246. The zero-order chi connectivity index (χ0) is 17.1. The number of likely N-dealkylation sites (tertiary alicyclic amines) is 3. The Balaban J connectivity index is 1.26. The van der Waals surface area contributed by atoms with Crippen LogP contribution in [0.25, 0.3) is 0 Å². The average molecular weight is 345 g/mol. The number of nitrogens with zero attached hydrogens (tertiary/aromatic N) is 3. The summed E-state index contributed by atoms with van der Waals surface area (Å²) in [5.74, 6) is 0.676. The van der Waals surface area contributed by atoms with Gasteiger partial charge in [-0.3, -0.25) is 14.6 Å². The molecule has 0 N–H and O–H groups in total. The zero-order valence-corrected chi connectivity index (χ0v) is 15.2. The summed E-state index contributed by atoms with van der Waals surface area (Å²) in [4.78, 5) is 20.0. The number of carbonyl (C=O) groups is 1. The molecule has 1 atom stereocenters. The molecule has 25 heavy (non-hydrogen) atoms. The molecule has 138 valence electrons. The van der Waals surface area contributed by atoms with Gasteiger partial charge in [0.1, 0.15) is 0 Å². The number of furan rings is 1. The second-order valence-corrected chi connectivity index (χ2v) is 8.01. The Hall–Kier alpha value is -1.33. The van der Waals surface area contributed by atoms with Crippen molar-refractivity contribution in [3.8, 4) is 0 Å². The Bertz CT molecular complexity index is 545. The molecule has 1 aromatic rings. The first-order chi connectivity index (χ1) is 12.3. The van der Waals surface area contributed by atoms with E-state index in [-0.39, 0.29) is 5.92 Å². The highest BCUT2D eigenvalue weighted by molar-refractivity contribution is 5.79. The smallest absolute Gasteiger partial charge is 0.226 e. The highest BCUT2D eigenvalue weighted by Crippen LogP contribution is 2.26. The molecule has 1 amide bonds. The molecule has 0 spiro atoms. The lowest BCUT2D eigenvalue weighted by Crippen LogP contribution is -2.50. The van der Waals surface area contributed by atoms with Crippen molar-refractivity contribution in [1.82, 2.24) is 14.7 Å². The summed E-state index contributed by atoms with van der Waals surface area (Å²) < 4.78 is 5.18. The van der Waals surface area contributed by atoms with Crippen LogP contribution in [0.3, 0.4) is 0 Å². The average Bonchev–Trinajstić information content (AvgIpc) is 3.36. The molecule has 0 aliphatic carbocycles. The summed E-state index contributed by atoms with van der Waals surface area (Å²) in [6.07, 6.45) is 10.7.